The number of ether oxygens (including phenoxy) is 1. The number of pyridine rings is 1. The number of rotatable bonds is 6. The van der Waals surface area contributed by atoms with E-state index < -0.39 is 0 Å². The third-order valence-corrected chi connectivity index (χ3v) is 4.41. The second-order valence-electron chi connectivity index (χ2n) is 6.03. The van der Waals surface area contributed by atoms with Gasteiger partial charge < -0.3 is 19.9 Å². The van der Waals surface area contributed by atoms with Gasteiger partial charge in [0.05, 0.1) is 12.7 Å². The summed E-state index contributed by atoms with van der Waals surface area (Å²) in [6.07, 6.45) is 2.41. The van der Waals surface area contributed by atoms with Crippen LogP contribution >= 0.6 is 0 Å². The first-order chi connectivity index (χ1) is 12.7. The van der Waals surface area contributed by atoms with Crippen LogP contribution in [0.5, 0.6) is 5.75 Å². The molecule has 1 fully saturated rings. The second-order valence-corrected chi connectivity index (χ2v) is 6.03. The number of carbonyl (C=O) groups is 2. The molecule has 2 heterocycles. The average Bonchev–Trinajstić information content (AvgIpc) is 2.72. The molecule has 0 radical (unpaired) electrons. The number of methoxy groups -OCH3 is 1. The molecule has 136 valence electrons. The molecule has 0 saturated carbocycles. The second kappa shape index (κ2) is 8.33. The Kier molecular flexibility index (Phi) is 5.68. The van der Waals surface area contributed by atoms with Crippen LogP contribution in [0.1, 0.15) is 15.9 Å². The lowest BCUT2D eigenvalue weighted by atomic mass is 10.2. The molecule has 1 aliphatic rings. The maximum Gasteiger partial charge on any atom is 0.255 e. The minimum absolute atomic E-state index is 0.0562. The molecule has 0 aliphatic carbocycles. The van der Waals surface area contributed by atoms with Gasteiger partial charge in [0.2, 0.25) is 6.41 Å². The standard InChI is InChI=1S/C19H22N4O3/c1-26-17-5-3-2-4-15(17)12-20-18-7-6-16(13-21-18)19(25)23-10-8-22(14-24)9-11-23/h2-7,13-14H,8-12H2,1H3,(H,20,21). The van der Waals surface area contributed by atoms with Crippen molar-refractivity contribution in [3.05, 3.63) is 53.7 Å². The highest BCUT2D eigenvalue weighted by Crippen LogP contribution is 2.18. The molecule has 7 heteroatoms. The van der Waals surface area contributed by atoms with Gasteiger partial charge in [-0.25, -0.2) is 4.98 Å². The maximum atomic E-state index is 12.5. The molecule has 0 atom stereocenters. The van der Waals surface area contributed by atoms with Gasteiger partial charge in [-0.3, -0.25) is 9.59 Å². The van der Waals surface area contributed by atoms with Crippen molar-refractivity contribution in [2.75, 3.05) is 38.6 Å². The lowest BCUT2D eigenvalue weighted by molar-refractivity contribution is -0.119. The SMILES string of the molecule is COc1ccccc1CNc1ccc(C(=O)N2CCN(C=O)CC2)cn1. The summed E-state index contributed by atoms with van der Waals surface area (Å²) in [6, 6.07) is 11.4. The van der Waals surface area contributed by atoms with Gasteiger partial charge in [0, 0.05) is 44.5 Å². The molecular formula is C19H22N4O3. The van der Waals surface area contributed by atoms with Crippen molar-refractivity contribution in [2.45, 2.75) is 6.54 Å². The van der Waals surface area contributed by atoms with E-state index >= 15 is 0 Å². The molecule has 1 aromatic carbocycles. The Labute approximate surface area is 152 Å². The highest BCUT2D eigenvalue weighted by Gasteiger charge is 2.21. The number of nitrogens with one attached hydrogen (secondary N) is 1. The zero-order valence-electron chi connectivity index (χ0n) is 14.7. The van der Waals surface area contributed by atoms with Gasteiger partial charge in [0.25, 0.3) is 5.91 Å². The molecule has 0 bridgehead atoms. The smallest absolute Gasteiger partial charge is 0.255 e. The molecule has 1 aliphatic heterocycles. The normalized spacial score (nSPS) is 14.0. The Bertz CT molecular complexity index is 756. The number of amides is 2. The predicted octanol–water partition coefficient (Wildman–Crippen LogP) is 1.62. The fraction of sp³-hybridized carbons (Fsp3) is 0.316. The van der Waals surface area contributed by atoms with Gasteiger partial charge in [-0.1, -0.05) is 18.2 Å². The zero-order valence-corrected chi connectivity index (χ0v) is 14.7. The number of aromatic nitrogens is 1. The fourth-order valence-corrected chi connectivity index (χ4v) is 2.87. The van der Waals surface area contributed by atoms with Crippen molar-refractivity contribution < 1.29 is 14.3 Å². The van der Waals surface area contributed by atoms with Crippen LogP contribution in [-0.2, 0) is 11.3 Å². The average molecular weight is 354 g/mol. The molecule has 0 spiro atoms. The number of hydrogen-bond acceptors (Lipinski definition) is 5. The first-order valence-electron chi connectivity index (χ1n) is 8.51. The van der Waals surface area contributed by atoms with Crippen LogP contribution in [0.15, 0.2) is 42.6 Å². The van der Waals surface area contributed by atoms with E-state index in [1.165, 1.54) is 0 Å². The summed E-state index contributed by atoms with van der Waals surface area (Å²) in [6.45, 7) is 2.82. The number of piperazine rings is 1. The van der Waals surface area contributed by atoms with Gasteiger partial charge in [-0.05, 0) is 18.2 Å². The van der Waals surface area contributed by atoms with E-state index in [2.05, 4.69) is 10.3 Å². The monoisotopic (exact) mass is 354 g/mol. The summed E-state index contributed by atoms with van der Waals surface area (Å²) in [5.74, 6) is 1.46. The Balaban J connectivity index is 1.58. The van der Waals surface area contributed by atoms with E-state index in [9.17, 15) is 9.59 Å². The van der Waals surface area contributed by atoms with Crippen LogP contribution < -0.4 is 10.1 Å². The molecule has 0 unspecified atom stereocenters. The van der Waals surface area contributed by atoms with E-state index in [1.807, 2.05) is 24.3 Å². The zero-order chi connectivity index (χ0) is 18.4. The molecule has 3 rings (SSSR count). The maximum absolute atomic E-state index is 12.5. The van der Waals surface area contributed by atoms with E-state index in [-0.39, 0.29) is 5.91 Å². The van der Waals surface area contributed by atoms with Crippen molar-refractivity contribution in [2.24, 2.45) is 0 Å². The fourth-order valence-electron chi connectivity index (χ4n) is 2.87. The lowest BCUT2D eigenvalue weighted by Crippen LogP contribution is -2.48. The number of benzene rings is 1. The molecule has 2 amide bonds. The van der Waals surface area contributed by atoms with Crippen LogP contribution in [0.25, 0.3) is 0 Å². The molecular weight excluding hydrogens is 332 g/mol. The van der Waals surface area contributed by atoms with E-state index in [0.29, 0.717) is 44.1 Å². The predicted molar refractivity (Wildman–Crippen MR) is 98.1 cm³/mol. The van der Waals surface area contributed by atoms with Crippen molar-refractivity contribution in [1.82, 2.24) is 14.8 Å². The lowest BCUT2D eigenvalue weighted by Gasteiger charge is -2.32. The van der Waals surface area contributed by atoms with Crippen molar-refractivity contribution in [1.29, 1.82) is 0 Å². The Hall–Kier alpha value is -3.09. The Morgan fingerprint density at radius 3 is 2.62 bits per heavy atom. The molecule has 26 heavy (non-hydrogen) atoms. The third-order valence-electron chi connectivity index (χ3n) is 4.41. The number of hydrogen-bond donors (Lipinski definition) is 1. The minimum atomic E-state index is -0.0562. The summed E-state index contributed by atoms with van der Waals surface area (Å²) in [4.78, 5) is 31.0. The molecule has 1 N–H and O–H groups in total. The van der Waals surface area contributed by atoms with Crippen molar-refractivity contribution >= 4 is 18.1 Å². The molecule has 7 nitrogen and oxygen atoms in total. The summed E-state index contributed by atoms with van der Waals surface area (Å²) in [5, 5.41) is 3.23. The number of para-hydroxylation sites is 1. The summed E-state index contributed by atoms with van der Waals surface area (Å²) >= 11 is 0. The van der Waals surface area contributed by atoms with Gasteiger partial charge in [-0.2, -0.15) is 0 Å². The van der Waals surface area contributed by atoms with Crippen molar-refractivity contribution in [3.63, 3.8) is 0 Å². The first kappa shape index (κ1) is 17.7. The third kappa shape index (κ3) is 4.11. The highest BCUT2D eigenvalue weighted by molar-refractivity contribution is 5.94. The minimum Gasteiger partial charge on any atom is -0.496 e. The Morgan fingerprint density at radius 1 is 1.19 bits per heavy atom. The van der Waals surface area contributed by atoms with Gasteiger partial charge in [-0.15, -0.1) is 0 Å². The largest absolute Gasteiger partial charge is 0.496 e. The van der Waals surface area contributed by atoms with Gasteiger partial charge in [0.15, 0.2) is 0 Å². The molecule has 2 aromatic rings. The van der Waals surface area contributed by atoms with E-state index in [1.54, 1.807) is 35.2 Å². The summed E-state index contributed by atoms with van der Waals surface area (Å²) in [7, 11) is 1.65. The first-order valence-corrected chi connectivity index (χ1v) is 8.51. The van der Waals surface area contributed by atoms with E-state index in [0.717, 1.165) is 17.7 Å². The van der Waals surface area contributed by atoms with E-state index in [4.69, 9.17) is 4.74 Å². The van der Waals surface area contributed by atoms with Crippen LogP contribution in [0.3, 0.4) is 0 Å². The molecule has 1 saturated heterocycles. The van der Waals surface area contributed by atoms with Gasteiger partial charge >= 0.3 is 0 Å². The Morgan fingerprint density at radius 2 is 1.96 bits per heavy atom. The number of carbonyl (C=O) groups excluding carboxylic acids is 2. The molecule has 1 aromatic heterocycles. The van der Waals surface area contributed by atoms with Crippen molar-refractivity contribution in [3.8, 4) is 5.75 Å². The van der Waals surface area contributed by atoms with Gasteiger partial charge in [0.1, 0.15) is 11.6 Å². The quantitative estimate of drug-likeness (QED) is 0.798. The van der Waals surface area contributed by atoms with Crippen LogP contribution in [0.4, 0.5) is 5.82 Å². The number of anilines is 1. The summed E-state index contributed by atoms with van der Waals surface area (Å²) < 4.78 is 5.33. The van der Waals surface area contributed by atoms with Crippen LogP contribution in [0.2, 0.25) is 0 Å². The topological polar surface area (TPSA) is 74.8 Å². The summed E-state index contributed by atoms with van der Waals surface area (Å²) in [5.41, 5.74) is 1.58. The van der Waals surface area contributed by atoms with Crippen LogP contribution in [-0.4, -0.2) is 60.4 Å². The number of nitrogens with zero attached hydrogens (tertiary/aromatic N) is 3. The van der Waals surface area contributed by atoms with Crippen LogP contribution in [0, 0.1) is 0 Å². The highest BCUT2D eigenvalue weighted by atomic mass is 16.5.